The Bertz CT molecular complexity index is 1200. The molecule has 1 amide bonds. The van der Waals surface area contributed by atoms with Gasteiger partial charge in [-0.1, -0.05) is 22.9 Å². The molecule has 0 unspecified atom stereocenters. The summed E-state index contributed by atoms with van der Waals surface area (Å²) in [5, 5.41) is 11.5. The van der Waals surface area contributed by atoms with E-state index in [9.17, 15) is 14.9 Å². The van der Waals surface area contributed by atoms with Crippen molar-refractivity contribution >= 4 is 44.7 Å². The van der Waals surface area contributed by atoms with Crippen LogP contribution < -0.4 is 14.3 Å². The smallest absolute Gasteiger partial charge is 0.286 e. The highest BCUT2D eigenvalue weighted by Gasteiger charge is 2.21. The number of aromatic nitrogens is 1. The number of nitro groups is 1. The lowest BCUT2D eigenvalue weighted by molar-refractivity contribution is -0.385. The first-order chi connectivity index (χ1) is 14.9. The van der Waals surface area contributed by atoms with Crippen molar-refractivity contribution in [3.05, 3.63) is 55.8 Å². The maximum atomic E-state index is 12.9. The number of carbonyl (C=O) groups excluding carboxylic acids is 1. The van der Waals surface area contributed by atoms with E-state index in [0.29, 0.717) is 36.1 Å². The highest BCUT2D eigenvalue weighted by atomic mass is 35.5. The average Bonchev–Trinajstić information content (AvgIpc) is 3.08. The summed E-state index contributed by atoms with van der Waals surface area (Å²) in [6, 6.07) is 7.38. The highest BCUT2D eigenvalue weighted by Crippen LogP contribution is 2.33. The molecule has 0 atom stereocenters. The predicted molar refractivity (Wildman–Crippen MR) is 117 cm³/mol. The van der Waals surface area contributed by atoms with Crippen LogP contribution in [0, 0.1) is 10.1 Å². The number of fused-ring (bicyclic) bond motifs is 1. The van der Waals surface area contributed by atoms with Crippen LogP contribution in [0.4, 0.5) is 5.69 Å². The van der Waals surface area contributed by atoms with Gasteiger partial charge in [0.25, 0.3) is 11.6 Å². The topological polar surface area (TPSA) is 105 Å². The summed E-state index contributed by atoms with van der Waals surface area (Å²) in [5.74, 6) is 0.308. The zero-order chi connectivity index (χ0) is 22.5. The lowest BCUT2D eigenvalue weighted by Crippen LogP contribution is -2.20. The largest absolute Gasteiger partial charge is 0.493 e. The summed E-state index contributed by atoms with van der Waals surface area (Å²) < 4.78 is 18.8. The van der Waals surface area contributed by atoms with Gasteiger partial charge in [0.15, 0.2) is 16.3 Å². The third kappa shape index (κ3) is 4.87. The molecular weight excluding hydrogens is 446 g/mol. The van der Waals surface area contributed by atoms with E-state index in [4.69, 9.17) is 25.8 Å². The number of thiazole rings is 1. The Morgan fingerprint density at radius 1 is 1.23 bits per heavy atom. The number of ether oxygens (including phenoxy) is 3. The Kier molecular flexibility index (Phi) is 7.26. The maximum absolute atomic E-state index is 12.9. The number of halogens is 1. The Morgan fingerprint density at radius 2 is 1.94 bits per heavy atom. The number of rotatable bonds is 8. The van der Waals surface area contributed by atoms with Gasteiger partial charge in [-0.15, -0.1) is 0 Å². The molecule has 0 bridgehead atoms. The van der Waals surface area contributed by atoms with E-state index in [1.165, 1.54) is 43.8 Å². The van der Waals surface area contributed by atoms with Crippen LogP contribution in [0.3, 0.4) is 0 Å². The summed E-state index contributed by atoms with van der Waals surface area (Å²) in [6.45, 7) is 3.25. The first kappa shape index (κ1) is 22.7. The second-order valence-electron chi connectivity index (χ2n) is 6.24. The number of amides is 1. The van der Waals surface area contributed by atoms with Gasteiger partial charge < -0.3 is 18.8 Å². The number of benzene rings is 2. The number of carbonyl (C=O) groups is 1. The molecule has 31 heavy (non-hydrogen) atoms. The SMILES string of the molecule is CCOCCn1c(=NC(=O)c2cc(Cl)ccc2[N+](=O)[O-])sc2cc(OC)c(OC)cc21. The minimum absolute atomic E-state index is 0.179. The molecular formula is C20H20ClN3O6S. The Hall–Kier alpha value is -2.95. The Balaban J connectivity index is 2.19. The second kappa shape index (κ2) is 9.90. The molecule has 0 saturated heterocycles. The third-order valence-corrected chi connectivity index (χ3v) is 5.71. The number of nitrogens with zero attached hydrogens (tertiary/aromatic N) is 3. The molecule has 0 saturated carbocycles. The van der Waals surface area contributed by atoms with Gasteiger partial charge in [0.2, 0.25) is 0 Å². The van der Waals surface area contributed by atoms with Gasteiger partial charge in [-0.05, 0) is 19.1 Å². The van der Waals surface area contributed by atoms with Crippen molar-refractivity contribution in [2.45, 2.75) is 13.5 Å². The van der Waals surface area contributed by atoms with E-state index in [0.717, 1.165) is 10.2 Å². The van der Waals surface area contributed by atoms with E-state index < -0.39 is 10.8 Å². The summed E-state index contributed by atoms with van der Waals surface area (Å²) in [6.07, 6.45) is 0. The van der Waals surface area contributed by atoms with Crippen LogP contribution in [0.5, 0.6) is 11.5 Å². The number of hydrogen-bond acceptors (Lipinski definition) is 7. The van der Waals surface area contributed by atoms with Gasteiger partial charge in [0, 0.05) is 36.4 Å². The van der Waals surface area contributed by atoms with Gasteiger partial charge in [0.1, 0.15) is 5.56 Å². The monoisotopic (exact) mass is 465 g/mol. The zero-order valence-electron chi connectivity index (χ0n) is 17.1. The first-order valence-electron chi connectivity index (χ1n) is 9.25. The summed E-state index contributed by atoms with van der Waals surface area (Å²) in [4.78, 5) is 28.1. The molecule has 1 aromatic heterocycles. The van der Waals surface area contributed by atoms with Gasteiger partial charge in [-0.2, -0.15) is 4.99 Å². The van der Waals surface area contributed by atoms with Gasteiger partial charge in [0.05, 0.1) is 36.0 Å². The first-order valence-corrected chi connectivity index (χ1v) is 10.4. The average molecular weight is 466 g/mol. The summed E-state index contributed by atoms with van der Waals surface area (Å²) in [7, 11) is 3.07. The normalized spacial score (nSPS) is 11.7. The Morgan fingerprint density at radius 3 is 2.58 bits per heavy atom. The van der Waals surface area contributed by atoms with Crippen molar-refractivity contribution in [1.82, 2.24) is 4.57 Å². The standard InChI is InChI=1S/C20H20ClN3O6S/c1-4-30-8-7-23-15-10-16(28-2)17(29-3)11-18(15)31-20(23)22-19(25)13-9-12(21)5-6-14(13)24(26)27/h5-6,9-11H,4,7-8H2,1-3H3. The fraction of sp³-hybridized carbons (Fsp3) is 0.300. The summed E-state index contributed by atoms with van der Waals surface area (Å²) >= 11 is 7.21. The van der Waals surface area contributed by atoms with Crippen LogP contribution in [0.2, 0.25) is 5.02 Å². The molecule has 9 nitrogen and oxygen atoms in total. The molecule has 2 aromatic carbocycles. The van der Waals surface area contributed by atoms with Crippen LogP contribution in [0.1, 0.15) is 17.3 Å². The van der Waals surface area contributed by atoms with Crippen molar-refractivity contribution in [2.24, 2.45) is 4.99 Å². The number of nitro benzene ring substituents is 1. The number of methoxy groups -OCH3 is 2. The maximum Gasteiger partial charge on any atom is 0.286 e. The minimum Gasteiger partial charge on any atom is -0.493 e. The molecule has 0 N–H and O–H groups in total. The van der Waals surface area contributed by atoms with Gasteiger partial charge in [-0.3, -0.25) is 14.9 Å². The number of hydrogen-bond donors (Lipinski definition) is 0. The van der Waals surface area contributed by atoms with E-state index in [2.05, 4.69) is 4.99 Å². The van der Waals surface area contributed by atoms with E-state index >= 15 is 0 Å². The van der Waals surface area contributed by atoms with Crippen molar-refractivity contribution in [3.8, 4) is 11.5 Å². The second-order valence-corrected chi connectivity index (χ2v) is 7.69. The predicted octanol–water partition coefficient (Wildman–Crippen LogP) is 4.06. The Labute approximate surface area is 186 Å². The molecule has 1 heterocycles. The molecule has 0 aliphatic rings. The van der Waals surface area contributed by atoms with E-state index in [-0.39, 0.29) is 16.3 Å². The van der Waals surface area contributed by atoms with Crippen molar-refractivity contribution in [2.75, 3.05) is 27.4 Å². The quantitative estimate of drug-likeness (QED) is 0.282. The van der Waals surface area contributed by atoms with Gasteiger partial charge >= 0.3 is 0 Å². The van der Waals surface area contributed by atoms with Crippen LogP contribution in [0.15, 0.2) is 35.3 Å². The van der Waals surface area contributed by atoms with E-state index in [1.54, 1.807) is 12.1 Å². The van der Waals surface area contributed by atoms with Crippen LogP contribution in [0.25, 0.3) is 10.2 Å². The third-order valence-electron chi connectivity index (χ3n) is 4.43. The highest BCUT2D eigenvalue weighted by molar-refractivity contribution is 7.16. The lowest BCUT2D eigenvalue weighted by atomic mass is 10.2. The van der Waals surface area contributed by atoms with E-state index in [1.807, 2.05) is 11.5 Å². The van der Waals surface area contributed by atoms with Crippen LogP contribution in [-0.4, -0.2) is 42.8 Å². The molecule has 0 spiro atoms. The molecule has 0 aliphatic heterocycles. The van der Waals surface area contributed by atoms with Crippen molar-refractivity contribution < 1.29 is 23.9 Å². The molecule has 3 rings (SSSR count). The molecule has 3 aromatic rings. The minimum atomic E-state index is -0.759. The lowest BCUT2D eigenvalue weighted by Gasteiger charge is -2.09. The molecule has 11 heteroatoms. The fourth-order valence-corrected chi connectivity index (χ4v) is 4.22. The summed E-state index contributed by atoms with van der Waals surface area (Å²) in [5.41, 5.74) is 0.236. The molecule has 0 radical (unpaired) electrons. The van der Waals surface area contributed by atoms with Crippen molar-refractivity contribution in [1.29, 1.82) is 0 Å². The molecule has 0 aliphatic carbocycles. The molecule has 164 valence electrons. The van der Waals surface area contributed by atoms with Crippen LogP contribution in [-0.2, 0) is 11.3 Å². The van der Waals surface area contributed by atoms with Crippen LogP contribution >= 0.6 is 22.9 Å². The van der Waals surface area contributed by atoms with Gasteiger partial charge in [-0.25, -0.2) is 0 Å². The van der Waals surface area contributed by atoms with Crippen molar-refractivity contribution in [3.63, 3.8) is 0 Å². The fourth-order valence-electron chi connectivity index (χ4n) is 2.98. The zero-order valence-corrected chi connectivity index (χ0v) is 18.7. The molecule has 0 fully saturated rings.